The van der Waals surface area contributed by atoms with Crippen LogP contribution in [-0.4, -0.2) is 34.0 Å². The average molecular weight is 470 g/mol. The molecule has 3 heterocycles. The highest BCUT2D eigenvalue weighted by atomic mass is 35.5. The van der Waals surface area contributed by atoms with Crippen LogP contribution in [0.15, 0.2) is 53.0 Å². The molecule has 0 bridgehead atoms. The summed E-state index contributed by atoms with van der Waals surface area (Å²) in [5.41, 5.74) is 2.42. The number of halogens is 1. The molecule has 0 fully saturated rings. The van der Waals surface area contributed by atoms with Crippen LogP contribution in [-0.2, 0) is 27.7 Å². The Labute approximate surface area is 193 Å². The molecular formula is C23H20ClN3O4S. The van der Waals surface area contributed by atoms with E-state index >= 15 is 0 Å². The lowest BCUT2D eigenvalue weighted by atomic mass is 9.93. The molecular weight excluding hydrogens is 450 g/mol. The smallest absolute Gasteiger partial charge is 0.350 e. The third-order valence-corrected chi connectivity index (χ3v) is 7.15. The fourth-order valence-electron chi connectivity index (χ4n) is 4.03. The van der Waals surface area contributed by atoms with Crippen LogP contribution in [0.5, 0.6) is 0 Å². The summed E-state index contributed by atoms with van der Waals surface area (Å²) in [5.74, 6) is 0.619. The number of methoxy groups -OCH3 is 1. The summed E-state index contributed by atoms with van der Waals surface area (Å²) in [5, 5.41) is 4.98. The van der Waals surface area contributed by atoms with E-state index in [1.54, 1.807) is 35.1 Å². The van der Waals surface area contributed by atoms with E-state index in [1.807, 2.05) is 24.3 Å². The van der Waals surface area contributed by atoms with Crippen LogP contribution in [0.4, 0.5) is 0 Å². The molecule has 5 rings (SSSR count). The van der Waals surface area contributed by atoms with E-state index in [-0.39, 0.29) is 17.6 Å². The highest BCUT2D eigenvalue weighted by Crippen LogP contribution is 2.43. The molecule has 0 saturated carbocycles. The Kier molecular flexibility index (Phi) is 5.27. The van der Waals surface area contributed by atoms with Gasteiger partial charge in [-0.3, -0.25) is 4.79 Å². The molecule has 0 spiro atoms. The van der Waals surface area contributed by atoms with Gasteiger partial charge in [0.05, 0.1) is 35.2 Å². The van der Waals surface area contributed by atoms with Crippen LogP contribution in [0.25, 0.3) is 22.0 Å². The number of hydrogen-bond donors (Lipinski definition) is 0. The Morgan fingerprint density at radius 3 is 2.94 bits per heavy atom. The second-order valence-electron chi connectivity index (χ2n) is 7.59. The third-order valence-electron chi connectivity index (χ3n) is 5.62. The fraction of sp³-hybridized carbons (Fsp3) is 0.261. The molecule has 164 valence electrons. The van der Waals surface area contributed by atoms with Crippen LogP contribution >= 0.6 is 22.9 Å². The van der Waals surface area contributed by atoms with Gasteiger partial charge in [0, 0.05) is 23.9 Å². The Bertz CT molecular complexity index is 1350. The molecule has 1 unspecified atom stereocenters. The number of carbonyl (C=O) groups is 1. The maximum atomic E-state index is 12.9. The molecule has 9 heteroatoms. The van der Waals surface area contributed by atoms with Crippen molar-refractivity contribution in [2.45, 2.75) is 12.8 Å². The monoisotopic (exact) mass is 469 g/mol. The molecule has 1 aliphatic heterocycles. The first-order valence-corrected chi connectivity index (χ1v) is 11.3. The second kappa shape index (κ2) is 8.11. The van der Waals surface area contributed by atoms with Gasteiger partial charge in [-0.15, -0.1) is 16.4 Å². The third kappa shape index (κ3) is 3.40. The number of para-hydroxylation sites is 1. The molecule has 0 amide bonds. The van der Waals surface area contributed by atoms with Crippen LogP contribution < -0.4 is 5.69 Å². The van der Waals surface area contributed by atoms with Gasteiger partial charge in [0.2, 0.25) is 0 Å². The molecule has 2 aromatic heterocycles. The number of fused-ring (bicyclic) bond motifs is 3. The molecule has 32 heavy (non-hydrogen) atoms. The summed E-state index contributed by atoms with van der Waals surface area (Å²) in [6.07, 6.45) is 5.14. The zero-order valence-corrected chi connectivity index (χ0v) is 19.1. The van der Waals surface area contributed by atoms with Gasteiger partial charge >= 0.3 is 11.7 Å². The predicted octanol–water partition coefficient (Wildman–Crippen LogP) is 3.99. The first-order chi connectivity index (χ1) is 15.5. The Balaban J connectivity index is 1.61. The second-order valence-corrected chi connectivity index (χ2v) is 9.05. The average Bonchev–Trinajstić information content (AvgIpc) is 3.29. The maximum absolute atomic E-state index is 12.9. The number of carbonyl (C=O) groups excluding carboxylic acids is 1. The Hall–Kier alpha value is -3.10. The molecule has 1 aromatic carbocycles. The summed E-state index contributed by atoms with van der Waals surface area (Å²) in [4.78, 5) is 26.8. The van der Waals surface area contributed by atoms with Gasteiger partial charge in [-0.05, 0) is 36.3 Å². The Morgan fingerprint density at radius 2 is 2.16 bits per heavy atom. The predicted molar refractivity (Wildman–Crippen MR) is 123 cm³/mol. The zero-order valence-electron chi connectivity index (χ0n) is 17.5. The first kappa shape index (κ1) is 20.8. The first-order valence-electron chi connectivity index (χ1n) is 10.2. The quantitative estimate of drug-likeness (QED) is 0.542. The SMILES string of the molecule is COC(=O)C1C=C2OCCc3cc(-c4nn(C)c(=O)n4-c4ccccc4Cl)sc3C2=CC1. The van der Waals surface area contributed by atoms with E-state index in [4.69, 9.17) is 21.1 Å². The van der Waals surface area contributed by atoms with E-state index in [2.05, 4.69) is 11.2 Å². The normalized spacial score (nSPS) is 17.4. The molecule has 7 nitrogen and oxygen atoms in total. The van der Waals surface area contributed by atoms with Gasteiger partial charge in [-0.25, -0.2) is 14.0 Å². The summed E-state index contributed by atoms with van der Waals surface area (Å²) < 4.78 is 13.7. The molecule has 0 N–H and O–H groups in total. The lowest BCUT2D eigenvalue weighted by molar-refractivity contribution is -0.143. The van der Waals surface area contributed by atoms with E-state index in [1.165, 1.54) is 11.8 Å². The van der Waals surface area contributed by atoms with Gasteiger partial charge in [0.1, 0.15) is 5.76 Å². The lowest BCUT2D eigenvalue weighted by Gasteiger charge is -2.19. The van der Waals surface area contributed by atoms with Crippen LogP contribution in [0.3, 0.4) is 0 Å². The van der Waals surface area contributed by atoms with Crippen molar-refractivity contribution in [1.82, 2.24) is 14.3 Å². The number of benzene rings is 1. The number of ether oxygens (including phenoxy) is 2. The summed E-state index contributed by atoms with van der Waals surface area (Å²) >= 11 is 7.96. The van der Waals surface area contributed by atoms with Crippen molar-refractivity contribution < 1.29 is 14.3 Å². The van der Waals surface area contributed by atoms with Crippen molar-refractivity contribution in [2.24, 2.45) is 13.0 Å². The number of nitrogens with zero attached hydrogens (tertiary/aromatic N) is 3. The van der Waals surface area contributed by atoms with Gasteiger partial charge < -0.3 is 9.47 Å². The number of thiophene rings is 1. The minimum atomic E-state index is -0.346. The molecule has 3 aromatic rings. The van der Waals surface area contributed by atoms with Gasteiger partial charge in [0.15, 0.2) is 5.82 Å². The highest BCUT2D eigenvalue weighted by molar-refractivity contribution is 7.16. The molecule has 0 radical (unpaired) electrons. The van der Waals surface area contributed by atoms with Crippen molar-refractivity contribution in [3.05, 3.63) is 74.2 Å². The Morgan fingerprint density at radius 1 is 1.34 bits per heavy atom. The van der Waals surface area contributed by atoms with Crippen molar-refractivity contribution in [2.75, 3.05) is 13.7 Å². The largest absolute Gasteiger partial charge is 0.493 e. The minimum Gasteiger partial charge on any atom is -0.493 e. The summed E-state index contributed by atoms with van der Waals surface area (Å²) in [7, 11) is 3.02. The van der Waals surface area contributed by atoms with Crippen molar-refractivity contribution in [3.63, 3.8) is 0 Å². The molecule has 0 saturated heterocycles. The van der Waals surface area contributed by atoms with E-state index in [0.717, 1.165) is 20.9 Å². The van der Waals surface area contributed by atoms with Crippen LogP contribution in [0.2, 0.25) is 5.02 Å². The highest BCUT2D eigenvalue weighted by Gasteiger charge is 2.29. The number of rotatable bonds is 3. The van der Waals surface area contributed by atoms with Gasteiger partial charge in [-0.2, -0.15) is 0 Å². The summed E-state index contributed by atoms with van der Waals surface area (Å²) in [6.45, 7) is 0.500. The van der Waals surface area contributed by atoms with Crippen molar-refractivity contribution >= 4 is 34.5 Å². The fourth-order valence-corrected chi connectivity index (χ4v) is 5.48. The lowest BCUT2D eigenvalue weighted by Crippen LogP contribution is -2.21. The van der Waals surface area contributed by atoms with Crippen LogP contribution in [0.1, 0.15) is 16.9 Å². The van der Waals surface area contributed by atoms with Crippen molar-refractivity contribution in [1.29, 1.82) is 0 Å². The van der Waals surface area contributed by atoms with Gasteiger partial charge in [0.25, 0.3) is 0 Å². The molecule has 2 aliphatic rings. The van der Waals surface area contributed by atoms with E-state index in [0.29, 0.717) is 41.7 Å². The van der Waals surface area contributed by atoms with Crippen molar-refractivity contribution in [3.8, 4) is 16.4 Å². The zero-order chi connectivity index (χ0) is 22.4. The molecule has 1 atom stereocenters. The number of allylic oxidation sites excluding steroid dienone is 2. The minimum absolute atomic E-state index is 0.265. The number of aryl methyl sites for hydroxylation is 1. The maximum Gasteiger partial charge on any atom is 0.350 e. The number of hydrogen-bond acceptors (Lipinski definition) is 6. The number of aromatic nitrogens is 3. The van der Waals surface area contributed by atoms with E-state index < -0.39 is 0 Å². The topological polar surface area (TPSA) is 75.3 Å². The van der Waals surface area contributed by atoms with E-state index in [9.17, 15) is 9.59 Å². The standard InChI is InChI=1S/C23H20ClN3O4S/c1-26-23(29)27(17-6-4-3-5-16(17)24)21(25-26)19-12-13-9-10-31-18-11-14(22(28)30-2)7-8-15(18)20(13)32-19/h3-6,8,11-12,14H,7,9-10H2,1-2H3. The summed E-state index contributed by atoms with van der Waals surface area (Å²) in [6, 6.07) is 9.29. The van der Waals surface area contributed by atoms with Crippen LogP contribution in [0, 0.1) is 5.92 Å². The molecule has 1 aliphatic carbocycles. The van der Waals surface area contributed by atoms with Gasteiger partial charge in [-0.1, -0.05) is 29.8 Å². The number of esters is 1.